The summed E-state index contributed by atoms with van der Waals surface area (Å²) < 4.78 is 84.4. The SMILES string of the molecule is CCC(F)(F)c1cc(-c2ccc(-c3cccc(S(C)=O)c3)cc2N(N)/C(=C\N)c2ccc(OC(F)(F)F)cc2)n(C)n1. The molecule has 3 aromatic carbocycles. The number of hydrogen-bond acceptors (Lipinski definition) is 6. The van der Waals surface area contributed by atoms with Gasteiger partial charge in [-0.2, -0.15) is 13.9 Å². The van der Waals surface area contributed by atoms with Crippen LogP contribution < -0.4 is 21.3 Å². The second kappa shape index (κ2) is 11.9. The second-order valence-electron chi connectivity index (χ2n) is 9.30. The predicted octanol–water partition coefficient (Wildman–Crippen LogP) is 6.53. The van der Waals surface area contributed by atoms with E-state index in [1.54, 1.807) is 42.7 Å². The maximum atomic E-state index is 14.5. The fourth-order valence-electron chi connectivity index (χ4n) is 4.33. The molecule has 1 aromatic heterocycles. The van der Waals surface area contributed by atoms with E-state index in [1.165, 1.54) is 48.1 Å². The van der Waals surface area contributed by atoms with Gasteiger partial charge in [-0.3, -0.25) is 13.9 Å². The molecule has 1 unspecified atom stereocenters. The molecule has 0 saturated carbocycles. The molecule has 1 heterocycles. The fourth-order valence-corrected chi connectivity index (χ4v) is 4.90. The van der Waals surface area contributed by atoms with E-state index < -0.39 is 40.9 Å². The van der Waals surface area contributed by atoms with Gasteiger partial charge in [0.25, 0.3) is 5.92 Å². The Bertz CT molecular complexity index is 1630. The molecule has 0 spiro atoms. The molecule has 222 valence electrons. The van der Waals surface area contributed by atoms with Crippen molar-refractivity contribution in [2.45, 2.75) is 30.5 Å². The summed E-state index contributed by atoms with van der Waals surface area (Å²) in [7, 11) is 0.293. The van der Waals surface area contributed by atoms with E-state index in [1.807, 2.05) is 6.07 Å². The van der Waals surface area contributed by atoms with Crippen LogP contribution in [-0.4, -0.2) is 26.6 Å². The average Bonchev–Trinajstić information content (AvgIpc) is 3.35. The van der Waals surface area contributed by atoms with E-state index in [-0.39, 0.29) is 5.70 Å². The quantitative estimate of drug-likeness (QED) is 0.128. The van der Waals surface area contributed by atoms with Crippen molar-refractivity contribution in [2.24, 2.45) is 18.6 Å². The zero-order valence-corrected chi connectivity index (χ0v) is 23.6. The van der Waals surface area contributed by atoms with Crippen molar-refractivity contribution < 1.29 is 30.9 Å². The van der Waals surface area contributed by atoms with Gasteiger partial charge in [-0.1, -0.05) is 31.2 Å². The molecule has 0 aliphatic rings. The van der Waals surface area contributed by atoms with E-state index in [4.69, 9.17) is 11.6 Å². The first-order valence-electron chi connectivity index (χ1n) is 12.6. The molecule has 0 amide bonds. The summed E-state index contributed by atoms with van der Waals surface area (Å²) in [6.07, 6.45) is -2.56. The van der Waals surface area contributed by atoms with Crippen molar-refractivity contribution in [3.63, 3.8) is 0 Å². The van der Waals surface area contributed by atoms with E-state index in [9.17, 15) is 26.2 Å². The molecule has 0 fully saturated rings. The lowest BCUT2D eigenvalue weighted by molar-refractivity contribution is -0.274. The molecule has 0 aliphatic heterocycles. The minimum absolute atomic E-state index is 0.205. The van der Waals surface area contributed by atoms with E-state index >= 15 is 0 Å². The zero-order valence-electron chi connectivity index (χ0n) is 22.8. The first kappa shape index (κ1) is 30.7. The number of aromatic nitrogens is 2. The minimum atomic E-state index is -4.86. The smallest absolute Gasteiger partial charge is 0.406 e. The summed E-state index contributed by atoms with van der Waals surface area (Å²) in [4.78, 5) is 0.601. The van der Waals surface area contributed by atoms with Gasteiger partial charge in [0.15, 0.2) is 0 Å². The Balaban J connectivity index is 1.85. The number of rotatable bonds is 9. The zero-order chi connectivity index (χ0) is 30.8. The highest BCUT2D eigenvalue weighted by molar-refractivity contribution is 7.84. The third-order valence-corrected chi connectivity index (χ3v) is 7.45. The van der Waals surface area contributed by atoms with Gasteiger partial charge in [0, 0.05) is 52.7 Å². The Labute approximate surface area is 241 Å². The van der Waals surface area contributed by atoms with Crippen LogP contribution in [0.15, 0.2) is 83.9 Å². The van der Waals surface area contributed by atoms with Crippen molar-refractivity contribution in [3.05, 3.63) is 90.3 Å². The number of ether oxygens (including phenoxy) is 1. The first-order chi connectivity index (χ1) is 19.7. The summed E-state index contributed by atoms with van der Waals surface area (Å²) >= 11 is 0. The van der Waals surface area contributed by atoms with Crippen molar-refractivity contribution in [2.75, 3.05) is 11.3 Å². The van der Waals surface area contributed by atoms with Gasteiger partial charge in [0.1, 0.15) is 11.4 Å². The number of aryl methyl sites for hydroxylation is 1. The topological polar surface area (TPSA) is 99.4 Å². The molecular formula is C29H28F5N5O2S. The Morgan fingerprint density at radius 2 is 1.69 bits per heavy atom. The Morgan fingerprint density at radius 3 is 2.29 bits per heavy atom. The van der Waals surface area contributed by atoms with Gasteiger partial charge in [-0.25, -0.2) is 5.84 Å². The fraction of sp³-hybridized carbons (Fsp3) is 0.207. The van der Waals surface area contributed by atoms with Crippen LogP contribution in [0.2, 0.25) is 0 Å². The number of hydrazine groups is 1. The summed E-state index contributed by atoms with van der Waals surface area (Å²) in [5.41, 5.74) is 8.58. The predicted molar refractivity (Wildman–Crippen MR) is 153 cm³/mol. The van der Waals surface area contributed by atoms with Crippen LogP contribution in [0.4, 0.5) is 27.6 Å². The van der Waals surface area contributed by atoms with Gasteiger partial charge in [-0.15, -0.1) is 13.2 Å². The number of alkyl halides is 5. The minimum Gasteiger partial charge on any atom is -0.406 e. The monoisotopic (exact) mass is 605 g/mol. The highest BCUT2D eigenvalue weighted by Crippen LogP contribution is 2.40. The van der Waals surface area contributed by atoms with Gasteiger partial charge < -0.3 is 10.5 Å². The Hall–Kier alpha value is -4.23. The highest BCUT2D eigenvalue weighted by atomic mass is 32.2. The lowest BCUT2D eigenvalue weighted by atomic mass is 9.99. The van der Waals surface area contributed by atoms with Gasteiger partial charge >= 0.3 is 6.36 Å². The van der Waals surface area contributed by atoms with E-state index in [0.717, 1.165) is 17.7 Å². The van der Waals surface area contributed by atoms with Crippen LogP contribution in [0.3, 0.4) is 0 Å². The van der Waals surface area contributed by atoms with Crippen molar-refractivity contribution >= 4 is 22.2 Å². The third-order valence-electron chi connectivity index (χ3n) is 6.53. The summed E-state index contributed by atoms with van der Waals surface area (Å²) in [6.45, 7) is 1.36. The van der Waals surface area contributed by atoms with Crippen molar-refractivity contribution in [1.82, 2.24) is 9.78 Å². The van der Waals surface area contributed by atoms with E-state index in [0.29, 0.717) is 33.0 Å². The molecule has 13 heteroatoms. The molecule has 0 radical (unpaired) electrons. The molecule has 4 N–H and O–H groups in total. The third kappa shape index (κ3) is 6.63. The second-order valence-corrected chi connectivity index (χ2v) is 10.7. The van der Waals surface area contributed by atoms with Crippen LogP contribution in [0, 0.1) is 0 Å². The molecule has 7 nitrogen and oxygen atoms in total. The number of nitrogens with zero attached hydrogens (tertiary/aromatic N) is 3. The van der Waals surface area contributed by atoms with Crippen LogP contribution in [0.5, 0.6) is 5.75 Å². The summed E-state index contributed by atoms with van der Waals surface area (Å²) in [6, 6.07) is 18.5. The van der Waals surface area contributed by atoms with E-state index in [2.05, 4.69) is 9.84 Å². The standard InChI is InChI=1S/C29H28F5N5O2S/c1-4-28(30,31)27-16-24(38(2)37-27)23-13-10-20(19-6-5-7-22(14-19)42(3)40)15-25(23)39(36)26(17-35)18-8-11-21(12-9-18)41-29(32,33)34/h5-17H,4,35-36H2,1-3H3/b26-17-. The number of benzene rings is 3. The summed E-state index contributed by atoms with van der Waals surface area (Å²) in [5.74, 6) is 3.02. The lowest BCUT2D eigenvalue weighted by Crippen LogP contribution is -2.30. The van der Waals surface area contributed by atoms with Crippen LogP contribution in [0.25, 0.3) is 28.1 Å². The molecule has 42 heavy (non-hydrogen) atoms. The van der Waals surface area contributed by atoms with Crippen molar-refractivity contribution in [3.8, 4) is 28.1 Å². The largest absolute Gasteiger partial charge is 0.573 e. The number of halogens is 5. The van der Waals surface area contributed by atoms with Gasteiger partial charge in [0.05, 0.1) is 17.1 Å². The first-order valence-corrected chi connectivity index (χ1v) is 14.1. The number of hydrogen-bond donors (Lipinski definition) is 2. The Morgan fingerprint density at radius 1 is 1.02 bits per heavy atom. The maximum absolute atomic E-state index is 14.5. The summed E-state index contributed by atoms with van der Waals surface area (Å²) in [5, 5.41) is 5.25. The van der Waals surface area contributed by atoms with Crippen LogP contribution in [0.1, 0.15) is 24.6 Å². The normalized spacial score (nSPS) is 13.2. The van der Waals surface area contributed by atoms with Gasteiger partial charge in [-0.05, 0) is 59.7 Å². The molecule has 0 aliphatic carbocycles. The molecular weight excluding hydrogens is 577 g/mol. The number of nitrogens with two attached hydrogens (primary N) is 2. The number of anilines is 1. The van der Waals surface area contributed by atoms with Crippen LogP contribution >= 0.6 is 0 Å². The van der Waals surface area contributed by atoms with Crippen molar-refractivity contribution in [1.29, 1.82) is 0 Å². The van der Waals surface area contributed by atoms with Crippen LogP contribution in [-0.2, 0) is 23.8 Å². The highest BCUT2D eigenvalue weighted by Gasteiger charge is 2.34. The maximum Gasteiger partial charge on any atom is 0.573 e. The molecule has 4 rings (SSSR count). The molecule has 0 saturated heterocycles. The molecule has 0 bridgehead atoms. The Kier molecular flexibility index (Phi) is 8.73. The molecule has 1 atom stereocenters. The lowest BCUT2D eigenvalue weighted by Gasteiger charge is -2.25. The molecule has 4 aromatic rings. The van der Waals surface area contributed by atoms with Gasteiger partial charge in [0.2, 0.25) is 0 Å². The average molecular weight is 606 g/mol.